The lowest BCUT2D eigenvalue weighted by Crippen LogP contribution is -2.11. The molecule has 0 saturated heterocycles. The quantitative estimate of drug-likeness (QED) is 0.459. The van der Waals surface area contributed by atoms with E-state index in [9.17, 15) is 4.79 Å². The molecule has 2 aromatic carbocycles. The van der Waals surface area contributed by atoms with Gasteiger partial charge in [-0.05, 0) is 18.2 Å². The normalized spacial score (nSPS) is 11.9. The molecule has 0 aliphatic carbocycles. The Morgan fingerprint density at radius 2 is 1.86 bits per heavy atom. The van der Waals surface area contributed by atoms with Crippen LogP contribution >= 0.6 is 34.5 Å². The Bertz CT molecular complexity index is 1290. The highest BCUT2D eigenvalue weighted by Gasteiger charge is 2.14. The molecular weight excluding hydrogens is 419 g/mol. The zero-order chi connectivity index (χ0) is 19.8. The summed E-state index contributed by atoms with van der Waals surface area (Å²) >= 11 is 14.5. The largest absolute Gasteiger partial charge is 0.493 e. The van der Waals surface area contributed by atoms with Gasteiger partial charge in [-0.1, -0.05) is 41.4 Å². The van der Waals surface area contributed by atoms with Gasteiger partial charge in [0, 0.05) is 21.0 Å². The summed E-state index contributed by atoms with van der Waals surface area (Å²) in [7, 11) is 3.03. The molecular formula is C20H14Cl2N2O3S. The molecule has 0 saturated carbocycles. The Kier molecular flexibility index (Phi) is 5.02. The molecule has 142 valence electrons. The van der Waals surface area contributed by atoms with Crippen molar-refractivity contribution in [2.24, 2.45) is 0 Å². The van der Waals surface area contributed by atoms with Crippen LogP contribution in [-0.4, -0.2) is 24.2 Å². The Balaban J connectivity index is 1.84. The zero-order valence-corrected chi connectivity index (χ0v) is 17.2. The molecule has 0 fully saturated rings. The molecule has 0 atom stereocenters. The minimum Gasteiger partial charge on any atom is -0.493 e. The van der Waals surface area contributed by atoms with Gasteiger partial charge in [0.15, 0.2) is 17.3 Å². The Morgan fingerprint density at radius 3 is 2.57 bits per heavy atom. The molecule has 0 unspecified atom stereocenters. The molecule has 1 N–H and O–H groups in total. The highest BCUT2D eigenvalue weighted by atomic mass is 35.5. The fraction of sp³-hybridized carbons (Fsp3) is 0.100. The molecule has 5 nitrogen and oxygen atoms in total. The molecule has 2 aromatic heterocycles. The van der Waals surface area contributed by atoms with Crippen molar-refractivity contribution >= 4 is 66.6 Å². The molecule has 28 heavy (non-hydrogen) atoms. The topological polar surface area (TPSA) is 64.2 Å². The van der Waals surface area contributed by atoms with E-state index < -0.39 is 0 Å². The maximum atomic E-state index is 12.5. The molecule has 0 radical (unpaired) electrons. The van der Waals surface area contributed by atoms with Crippen LogP contribution in [0.25, 0.3) is 32.1 Å². The number of fused-ring (bicyclic) bond motifs is 2. The molecule has 0 aliphatic rings. The summed E-state index contributed by atoms with van der Waals surface area (Å²) in [6.07, 6.45) is 1.71. The van der Waals surface area contributed by atoms with Crippen LogP contribution in [0.4, 0.5) is 0 Å². The summed E-state index contributed by atoms with van der Waals surface area (Å²) in [6, 6.07) is 11.1. The van der Waals surface area contributed by atoms with E-state index in [1.165, 1.54) is 25.6 Å². The fourth-order valence-corrected chi connectivity index (χ4v) is 4.58. The van der Waals surface area contributed by atoms with Crippen molar-refractivity contribution in [1.29, 1.82) is 0 Å². The van der Waals surface area contributed by atoms with Gasteiger partial charge in [-0.25, -0.2) is 4.98 Å². The average molecular weight is 433 g/mol. The molecule has 4 rings (SSSR count). The molecule has 8 heteroatoms. The molecule has 4 aromatic rings. The van der Waals surface area contributed by atoms with Crippen LogP contribution in [0.3, 0.4) is 0 Å². The number of methoxy groups -OCH3 is 2. The van der Waals surface area contributed by atoms with Gasteiger partial charge < -0.3 is 14.5 Å². The van der Waals surface area contributed by atoms with Crippen molar-refractivity contribution in [2.75, 3.05) is 14.2 Å². The number of hydrogen-bond acceptors (Lipinski definition) is 5. The van der Waals surface area contributed by atoms with E-state index in [4.69, 9.17) is 32.7 Å². The highest BCUT2D eigenvalue weighted by molar-refractivity contribution is 7.20. The number of aromatic amines is 1. The first-order valence-electron chi connectivity index (χ1n) is 8.22. The van der Waals surface area contributed by atoms with Crippen LogP contribution < -0.4 is 15.0 Å². The van der Waals surface area contributed by atoms with Gasteiger partial charge in [0.05, 0.1) is 35.2 Å². The minimum atomic E-state index is -0.324. The van der Waals surface area contributed by atoms with Crippen LogP contribution in [0.5, 0.6) is 11.5 Å². The minimum absolute atomic E-state index is 0.250. The zero-order valence-electron chi connectivity index (χ0n) is 14.9. The predicted octanol–water partition coefficient (Wildman–Crippen LogP) is 5.55. The summed E-state index contributed by atoms with van der Waals surface area (Å²) in [5, 5.41) is 2.24. The van der Waals surface area contributed by atoms with Gasteiger partial charge in [0.1, 0.15) is 0 Å². The molecule has 0 spiro atoms. The van der Waals surface area contributed by atoms with E-state index in [2.05, 4.69) is 9.97 Å². The first-order chi connectivity index (χ1) is 13.5. The van der Waals surface area contributed by atoms with Crippen LogP contribution in [-0.2, 0) is 0 Å². The van der Waals surface area contributed by atoms with E-state index in [1.54, 1.807) is 18.2 Å². The Morgan fingerprint density at radius 1 is 1.14 bits per heavy atom. The predicted molar refractivity (Wildman–Crippen MR) is 116 cm³/mol. The van der Waals surface area contributed by atoms with E-state index in [0.29, 0.717) is 27.4 Å². The molecule has 0 amide bonds. The fourth-order valence-electron chi connectivity index (χ4n) is 2.89. The van der Waals surface area contributed by atoms with Crippen LogP contribution in [0.2, 0.25) is 5.02 Å². The van der Waals surface area contributed by atoms with E-state index in [-0.39, 0.29) is 16.4 Å². The number of nitrogens with zero attached hydrogens (tertiary/aromatic N) is 1. The van der Waals surface area contributed by atoms with Crippen LogP contribution in [0.1, 0.15) is 10.7 Å². The van der Waals surface area contributed by atoms with E-state index >= 15 is 0 Å². The maximum absolute atomic E-state index is 12.5. The third-order valence-corrected chi connectivity index (χ3v) is 6.18. The van der Waals surface area contributed by atoms with Crippen molar-refractivity contribution in [3.63, 3.8) is 0 Å². The first-order valence-corrected chi connectivity index (χ1v) is 9.79. The number of nitrogens with one attached hydrogen (secondary N) is 1. The van der Waals surface area contributed by atoms with Crippen molar-refractivity contribution in [2.45, 2.75) is 0 Å². The van der Waals surface area contributed by atoms with Crippen LogP contribution in [0, 0.1) is 0 Å². The number of benzene rings is 2. The standard InChI is InChI=1S/C20H14Cl2N2O3S/c1-26-14-7-11-13(9-15(14)27-2)23-19(24-20(11)25)12(21)8-17-18(22)10-5-3-4-6-16(10)28-17/h3-9H,1-2H3,(H,23,24,25). The van der Waals surface area contributed by atoms with Gasteiger partial charge in [-0.15, -0.1) is 11.3 Å². The Labute approximate surface area is 174 Å². The number of aromatic nitrogens is 2. The SMILES string of the molecule is COc1cc2nc(C(Cl)=Cc3sc4ccccc4c3Cl)[nH]c(=O)c2cc1OC. The van der Waals surface area contributed by atoms with E-state index in [1.807, 2.05) is 24.3 Å². The number of thiophene rings is 1. The van der Waals surface area contributed by atoms with E-state index in [0.717, 1.165) is 15.0 Å². The second-order valence-corrected chi connectivity index (χ2v) is 7.78. The van der Waals surface area contributed by atoms with Crippen molar-refractivity contribution in [3.8, 4) is 11.5 Å². The number of rotatable bonds is 4. The molecule has 0 bridgehead atoms. The Hall–Kier alpha value is -2.54. The van der Waals surface area contributed by atoms with Crippen molar-refractivity contribution < 1.29 is 9.47 Å². The lowest BCUT2D eigenvalue weighted by molar-refractivity contribution is 0.355. The van der Waals surface area contributed by atoms with Gasteiger partial charge in [0.25, 0.3) is 5.56 Å². The smallest absolute Gasteiger partial charge is 0.259 e. The lowest BCUT2D eigenvalue weighted by Gasteiger charge is -2.09. The molecule has 2 heterocycles. The van der Waals surface area contributed by atoms with Crippen LogP contribution in [0.15, 0.2) is 41.2 Å². The third kappa shape index (κ3) is 3.24. The van der Waals surface area contributed by atoms with Gasteiger partial charge in [-0.3, -0.25) is 4.79 Å². The second kappa shape index (κ2) is 7.47. The second-order valence-electron chi connectivity index (χ2n) is 5.91. The number of halogens is 2. The molecule has 0 aliphatic heterocycles. The monoisotopic (exact) mass is 432 g/mol. The van der Waals surface area contributed by atoms with Gasteiger partial charge >= 0.3 is 0 Å². The van der Waals surface area contributed by atoms with Crippen molar-refractivity contribution in [3.05, 3.63) is 62.5 Å². The van der Waals surface area contributed by atoms with Gasteiger partial charge in [0.2, 0.25) is 0 Å². The number of hydrogen-bond donors (Lipinski definition) is 1. The summed E-state index contributed by atoms with van der Waals surface area (Å²) in [4.78, 5) is 20.5. The summed E-state index contributed by atoms with van der Waals surface area (Å²) in [6.45, 7) is 0. The first kappa shape index (κ1) is 18.8. The number of H-pyrrole nitrogens is 1. The number of ether oxygens (including phenoxy) is 2. The highest BCUT2D eigenvalue weighted by Crippen LogP contribution is 2.38. The summed E-state index contributed by atoms with van der Waals surface area (Å²) in [5.74, 6) is 1.18. The van der Waals surface area contributed by atoms with Crippen molar-refractivity contribution in [1.82, 2.24) is 9.97 Å². The maximum Gasteiger partial charge on any atom is 0.259 e. The summed E-state index contributed by atoms with van der Waals surface area (Å²) in [5.41, 5.74) is 0.125. The van der Waals surface area contributed by atoms with Gasteiger partial charge in [-0.2, -0.15) is 0 Å². The third-order valence-electron chi connectivity index (χ3n) is 4.25. The summed E-state index contributed by atoms with van der Waals surface area (Å²) < 4.78 is 11.6. The lowest BCUT2D eigenvalue weighted by atomic mass is 10.2. The average Bonchev–Trinajstić information content (AvgIpc) is 3.02.